The molecule has 1 aliphatic heterocycles. The fraction of sp³-hybridized carbons (Fsp3) is 0.147. The summed E-state index contributed by atoms with van der Waals surface area (Å²) < 4.78 is 12.7. The van der Waals surface area contributed by atoms with E-state index in [9.17, 15) is 14.7 Å². The standard InChI is InChI=1S/C34H28N2O5S/c1-3-17-40-25-13-8-10-23(20-25)31(37)29-30(22-9-7-14-26(19-22)41-24-11-5-4-6-12-24)36(33(39)32(29)38)34-35-27-16-15-21(2)18-28(27)42-34/h4-16,18-20,30,37H,3,17H2,1-2H3/b31-29+. The maximum atomic E-state index is 13.7. The van der Waals surface area contributed by atoms with E-state index in [2.05, 4.69) is 0 Å². The number of para-hydroxylation sites is 1. The van der Waals surface area contributed by atoms with Crippen LogP contribution < -0.4 is 14.4 Å². The zero-order valence-corrected chi connectivity index (χ0v) is 23.9. The Kier molecular flexibility index (Phi) is 7.46. The maximum absolute atomic E-state index is 13.7. The number of aromatic nitrogens is 1. The van der Waals surface area contributed by atoms with E-state index in [-0.39, 0.29) is 11.3 Å². The predicted molar refractivity (Wildman–Crippen MR) is 164 cm³/mol. The van der Waals surface area contributed by atoms with Gasteiger partial charge in [-0.2, -0.15) is 0 Å². The van der Waals surface area contributed by atoms with Gasteiger partial charge in [0.1, 0.15) is 23.0 Å². The predicted octanol–water partition coefficient (Wildman–Crippen LogP) is 7.81. The number of aliphatic hydroxyl groups excluding tert-OH is 1. The summed E-state index contributed by atoms with van der Waals surface area (Å²) in [6.07, 6.45) is 0.824. The molecule has 8 heteroatoms. The lowest BCUT2D eigenvalue weighted by Crippen LogP contribution is -2.29. The van der Waals surface area contributed by atoms with Gasteiger partial charge in [0.2, 0.25) is 0 Å². The fourth-order valence-corrected chi connectivity index (χ4v) is 6.04. The van der Waals surface area contributed by atoms with Gasteiger partial charge in [0.15, 0.2) is 5.13 Å². The minimum Gasteiger partial charge on any atom is -0.507 e. The molecule has 4 aromatic carbocycles. The van der Waals surface area contributed by atoms with Crippen molar-refractivity contribution in [2.24, 2.45) is 0 Å². The number of aliphatic hydroxyl groups is 1. The van der Waals surface area contributed by atoms with Crippen LogP contribution in [-0.4, -0.2) is 28.4 Å². The number of hydrogen-bond acceptors (Lipinski definition) is 7. The Morgan fingerprint density at radius 2 is 1.67 bits per heavy atom. The Bertz CT molecular complexity index is 1830. The molecule has 42 heavy (non-hydrogen) atoms. The molecule has 1 saturated heterocycles. The smallest absolute Gasteiger partial charge is 0.301 e. The van der Waals surface area contributed by atoms with Crippen LogP contribution in [0.15, 0.2) is 103 Å². The molecular formula is C34H28N2O5S. The van der Waals surface area contributed by atoms with Crippen molar-refractivity contribution in [2.45, 2.75) is 26.3 Å². The number of ether oxygens (including phenoxy) is 2. The summed E-state index contributed by atoms with van der Waals surface area (Å²) in [7, 11) is 0. The summed E-state index contributed by atoms with van der Waals surface area (Å²) in [6, 6.07) is 28.3. The number of rotatable bonds is 8. The van der Waals surface area contributed by atoms with Crippen LogP contribution in [0.3, 0.4) is 0 Å². The van der Waals surface area contributed by atoms with Crippen molar-refractivity contribution in [3.8, 4) is 17.2 Å². The second-order valence-electron chi connectivity index (χ2n) is 10.0. The molecule has 0 radical (unpaired) electrons. The largest absolute Gasteiger partial charge is 0.507 e. The first-order valence-electron chi connectivity index (χ1n) is 13.7. The molecule has 210 valence electrons. The Morgan fingerprint density at radius 3 is 2.48 bits per heavy atom. The van der Waals surface area contributed by atoms with Gasteiger partial charge in [-0.05, 0) is 73.0 Å². The molecule has 2 heterocycles. The Labute approximate surface area is 247 Å². The summed E-state index contributed by atoms with van der Waals surface area (Å²) in [4.78, 5) is 33.5. The topological polar surface area (TPSA) is 89.0 Å². The number of aryl methyl sites for hydroxylation is 1. The van der Waals surface area contributed by atoms with Gasteiger partial charge < -0.3 is 14.6 Å². The monoisotopic (exact) mass is 576 g/mol. The van der Waals surface area contributed by atoms with Crippen LogP contribution in [-0.2, 0) is 9.59 Å². The van der Waals surface area contributed by atoms with Gasteiger partial charge in [-0.25, -0.2) is 4.98 Å². The molecule has 1 atom stereocenters. The number of hydrogen-bond donors (Lipinski definition) is 1. The Morgan fingerprint density at radius 1 is 0.905 bits per heavy atom. The minimum absolute atomic E-state index is 0.0278. The van der Waals surface area contributed by atoms with Crippen molar-refractivity contribution in [3.05, 3.63) is 119 Å². The first kappa shape index (κ1) is 27.2. The molecular weight excluding hydrogens is 548 g/mol. The van der Waals surface area contributed by atoms with E-state index in [1.54, 1.807) is 42.5 Å². The SMILES string of the molecule is CCCOc1cccc(/C(O)=C2\C(=O)C(=O)N(c3nc4ccc(C)cc4s3)C2c2cccc(Oc3ccccc3)c2)c1. The molecule has 6 rings (SSSR count). The van der Waals surface area contributed by atoms with Crippen LogP contribution in [0, 0.1) is 6.92 Å². The minimum atomic E-state index is -0.939. The van der Waals surface area contributed by atoms with Gasteiger partial charge in [0.25, 0.3) is 5.78 Å². The van der Waals surface area contributed by atoms with Crippen LogP contribution in [0.25, 0.3) is 16.0 Å². The van der Waals surface area contributed by atoms with Crippen LogP contribution in [0.4, 0.5) is 5.13 Å². The number of nitrogens with zero attached hydrogens (tertiary/aromatic N) is 2. The number of carbonyl (C=O) groups excluding carboxylic acids is 2. The third kappa shape index (κ3) is 5.24. The van der Waals surface area contributed by atoms with Crippen molar-refractivity contribution >= 4 is 44.1 Å². The quantitative estimate of drug-likeness (QED) is 0.115. The molecule has 1 unspecified atom stereocenters. The lowest BCUT2D eigenvalue weighted by molar-refractivity contribution is -0.132. The first-order chi connectivity index (χ1) is 20.4. The molecule has 1 aliphatic rings. The number of ketones is 1. The molecule has 1 fully saturated rings. The van der Waals surface area contributed by atoms with Gasteiger partial charge in [-0.1, -0.05) is 66.8 Å². The number of carbonyl (C=O) groups is 2. The highest BCUT2D eigenvalue weighted by Crippen LogP contribution is 2.45. The van der Waals surface area contributed by atoms with Gasteiger partial charge in [0, 0.05) is 5.56 Å². The molecule has 0 saturated carbocycles. The number of fused-ring (bicyclic) bond motifs is 1. The molecule has 1 N–H and O–H groups in total. The van der Waals surface area contributed by atoms with Crippen LogP contribution in [0.2, 0.25) is 0 Å². The molecule has 7 nitrogen and oxygen atoms in total. The number of anilines is 1. The van der Waals surface area contributed by atoms with E-state index < -0.39 is 17.7 Å². The highest BCUT2D eigenvalue weighted by molar-refractivity contribution is 7.22. The van der Waals surface area contributed by atoms with Crippen LogP contribution in [0.1, 0.15) is 36.1 Å². The number of Topliss-reactive ketones (excluding diaryl/α,β-unsaturated/α-hetero) is 1. The summed E-state index contributed by atoms with van der Waals surface area (Å²) in [5.41, 5.74) is 2.73. The summed E-state index contributed by atoms with van der Waals surface area (Å²) in [5.74, 6) is -0.0961. The Balaban J connectivity index is 1.50. The van der Waals surface area contributed by atoms with E-state index in [1.807, 2.05) is 68.4 Å². The Hall–Kier alpha value is -4.95. The molecule has 0 spiro atoms. The summed E-state index contributed by atoms with van der Waals surface area (Å²) in [5, 5.41) is 12.0. The highest BCUT2D eigenvalue weighted by atomic mass is 32.1. The van der Waals surface area contributed by atoms with Gasteiger partial charge in [-0.15, -0.1) is 0 Å². The van der Waals surface area contributed by atoms with E-state index in [1.165, 1.54) is 16.2 Å². The van der Waals surface area contributed by atoms with Crippen molar-refractivity contribution in [1.29, 1.82) is 0 Å². The third-order valence-electron chi connectivity index (χ3n) is 6.92. The molecule has 0 aliphatic carbocycles. The molecule has 1 amide bonds. The van der Waals surface area contributed by atoms with Gasteiger partial charge >= 0.3 is 5.91 Å². The van der Waals surface area contributed by atoms with Crippen molar-refractivity contribution in [2.75, 3.05) is 11.5 Å². The second kappa shape index (κ2) is 11.5. The first-order valence-corrected chi connectivity index (χ1v) is 14.5. The fourth-order valence-electron chi connectivity index (χ4n) is 4.95. The van der Waals surface area contributed by atoms with Crippen LogP contribution >= 0.6 is 11.3 Å². The van der Waals surface area contributed by atoms with E-state index >= 15 is 0 Å². The van der Waals surface area contributed by atoms with Gasteiger partial charge in [0.05, 0.1) is 28.4 Å². The van der Waals surface area contributed by atoms with Gasteiger partial charge in [-0.3, -0.25) is 14.5 Å². The zero-order valence-electron chi connectivity index (χ0n) is 23.1. The molecule has 5 aromatic rings. The number of amides is 1. The van der Waals surface area contributed by atoms with Crippen LogP contribution in [0.5, 0.6) is 17.2 Å². The third-order valence-corrected chi connectivity index (χ3v) is 7.93. The lowest BCUT2D eigenvalue weighted by Gasteiger charge is -2.23. The zero-order chi connectivity index (χ0) is 29.2. The van der Waals surface area contributed by atoms with E-state index in [0.717, 1.165) is 22.2 Å². The van der Waals surface area contributed by atoms with Crippen molar-refractivity contribution < 1.29 is 24.2 Å². The van der Waals surface area contributed by atoms with E-state index in [0.29, 0.717) is 40.1 Å². The maximum Gasteiger partial charge on any atom is 0.301 e. The normalized spacial score (nSPS) is 16.2. The summed E-state index contributed by atoms with van der Waals surface area (Å²) in [6.45, 7) is 4.51. The van der Waals surface area contributed by atoms with Crippen molar-refractivity contribution in [1.82, 2.24) is 4.98 Å². The average Bonchev–Trinajstić information content (AvgIpc) is 3.53. The summed E-state index contributed by atoms with van der Waals surface area (Å²) >= 11 is 1.33. The molecule has 0 bridgehead atoms. The number of benzene rings is 4. The number of thiazole rings is 1. The molecule has 1 aromatic heterocycles. The highest BCUT2D eigenvalue weighted by Gasteiger charge is 2.48. The average molecular weight is 577 g/mol. The van der Waals surface area contributed by atoms with Crippen molar-refractivity contribution in [3.63, 3.8) is 0 Å². The van der Waals surface area contributed by atoms with E-state index in [4.69, 9.17) is 14.5 Å². The second-order valence-corrected chi connectivity index (χ2v) is 11.0. The lowest BCUT2D eigenvalue weighted by atomic mass is 9.95.